The number of carbonyl (C=O) groups is 2. The maximum atomic E-state index is 13.5. The van der Waals surface area contributed by atoms with Crippen LogP contribution in [0.3, 0.4) is 0 Å². The molecule has 2 aliphatic heterocycles. The molecule has 0 spiro atoms. The molecule has 2 fully saturated rings. The quantitative estimate of drug-likeness (QED) is 0.679. The first-order valence-corrected chi connectivity index (χ1v) is 13.9. The minimum Gasteiger partial charge on any atom is -0.326 e. The molecule has 5 rings (SSSR count). The second-order valence-electron chi connectivity index (χ2n) is 10.3. The fraction of sp³-hybridized carbons (Fsp3) is 0.481. The number of nitrogens with one attached hydrogen (secondary N) is 1. The maximum absolute atomic E-state index is 13.5. The Morgan fingerprint density at radius 1 is 1.00 bits per heavy atom. The normalized spacial score (nSPS) is 22.7. The van der Waals surface area contributed by atoms with Crippen molar-refractivity contribution in [3.63, 3.8) is 0 Å². The first kappa shape index (κ1) is 24.0. The van der Waals surface area contributed by atoms with Gasteiger partial charge in [0.2, 0.25) is 21.8 Å². The summed E-state index contributed by atoms with van der Waals surface area (Å²) in [5.41, 5.74) is 4.53. The molecule has 3 aliphatic rings. The highest BCUT2D eigenvalue weighted by atomic mass is 32.2. The van der Waals surface area contributed by atoms with Gasteiger partial charge in [-0.15, -0.1) is 0 Å². The van der Waals surface area contributed by atoms with Crippen LogP contribution in [0.15, 0.2) is 41.3 Å². The van der Waals surface area contributed by atoms with E-state index in [4.69, 9.17) is 0 Å². The number of amides is 2. The fourth-order valence-corrected chi connectivity index (χ4v) is 6.83. The Labute approximate surface area is 207 Å². The molecule has 8 heteroatoms. The van der Waals surface area contributed by atoms with Crippen molar-refractivity contribution < 1.29 is 18.0 Å². The lowest BCUT2D eigenvalue weighted by Crippen LogP contribution is -2.43. The second-order valence-corrected chi connectivity index (χ2v) is 12.3. The van der Waals surface area contributed by atoms with Gasteiger partial charge in [-0.05, 0) is 93.8 Å². The molecule has 0 bridgehead atoms. The summed E-state index contributed by atoms with van der Waals surface area (Å²) in [5, 5.41) is 3.00. The van der Waals surface area contributed by atoms with E-state index in [1.54, 1.807) is 18.2 Å². The van der Waals surface area contributed by atoms with Crippen molar-refractivity contribution in [2.75, 3.05) is 23.3 Å². The van der Waals surface area contributed by atoms with Crippen molar-refractivity contribution in [2.24, 2.45) is 11.8 Å². The van der Waals surface area contributed by atoms with E-state index in [1.165, 1.54) is 4.31 Å². The number of fused-ring (bicyclic) bond motifs is 1. The molecule has 2 amide bonds. The molecule has 2 aromatic rings. The summed E-state index contributed by atoms with van der Waals surface area (Å²) in [7, 11) is -3.75. The van der Waals surface area contributed by atoms with E-state index in [-0.39, 0.29) is 35.2 Å². The largest absolute Gasteiger partial charge is 0.326 e. The van der Waals surface area contributed by atoms with Crippen molar-refractivity contribution in [2.45, 2.75) is 63.8 Å². The summed E-state index contributed by atoms with van der Waals surface area (Å²) in [4.78, 5) is 27.8. The minimum absolute atomic E-state index is 0.0317. The minimum atomic E-state index is -3.75. The van der Waals surface area contributed by atoms with Gasteiger partial charge in [-0.2, -0.15) is 4.31 Å². The summed E-state index contributed by atoms with van der Waals surface area (Å²) in [5.74, 6) is -0.275. The fourth-order valence-electron chi connectivity index (χ4n) is 5.26. The second kappa shape index (κ2) is 9.06. The van der Waals surface area contributed by atoms with Crippen molar-refractivity contribution in [1.82, 2.24) is 4.31 Å². The van der Waals surface area contributed by atoms with Crippen molar-refractivity contribution in [1.29, 1.82) is 0 Å². The summed E-state index contributed by atoms with van der Waals surface area (Å²) in [6.45, 7) is 6.50. The molecule has 1 saturated heterocycles. The molecule has 7 nitrogen and oxygen atoms in total. The summed E-state index contributed by atoms with van der Waals surface area (Å²) in [6.07, 6.45) is 3.82. The molecule has 1 aliphatic carbocycles. The molecule has 2 unspecified atom stereocenters. The maximum Gasteiger partial charge on any atom is 0.243 e. The predicted molar refractivity (Wildman–Crippen MR) is 136 cm³/mol. The lowest BCUT2D eigenvalue weighted by atomic mass is 9.98. The van der Waals surface area contributed by atoms with E-state index >= 15 is 0 Å². The molecule has 1 saturated carbocycles. The number of carbonyl (C=O) groups excluding carboxylic acids is 2. The highest BCUT2D eigenvalue weighted by molar-refractivity contribution is 7.89. The van der Waals surface area contributed by atoms with Gasteiger partial charge in [0.05, 0.1) is 10.8 Å². The topological polar surface area (TPSA) is 86.8 Å². The van der Waals surface area contributed by atoms with Gasteiger partial charge in [0.25, 0.3) is 0 Å². The third-order valence-electron chi connectivity index (χ3n) is 7.47. The van der Waals surface area contributed by atoms with Crippen LogP contribution in [0.2, 0.25) is 0 Å². The number of rotatable bonds is 5. The first-order chi connectivity index (χ1) is 16.6. The number of piperidine rings is 1. The Balaban J connectivity index is 1.32. The van der Waals surface area contributed by atoms with Gasteiger partial charge in [0.1, 0.15) is 0 Å². The van der Waals surface area contributed by atoms with Crippen LogP contribution in [-0.2, 0) is 26.0 Å². The average Bonchev–Trinajstić information content (AvgIpc) is 3.63. The molecule has 0 radical (unpaired) electrons. The molecule has 186 valence electrons. The van der Waals surface area contributed by atoms with Gasteiger partial charge >= 0.3 is 0 Å². The van der Waals surface area contributed by atoms with E-state index < -0.39 is 15.9 Å². The van der Waals surface area contributed by atoms with Gasteiger partial charge in [-0.3, -0.25) is 9.59 Å². The summed E-state index contributed by atoms with van der Waals surface area (Å²) in [6, 6.07) is 11.0. The van der Waals surface area contributed by atoms with Crippen molar-refractivity contribution >= 4 is 33.2 Å². The predicted octanol–water partition coefficient (Wildman–Crippen LogP) is 4.03. The highest BCUT2D eigenvalue weighted by Gasteiger charge is 2.40. The number of anilines is 2. The van der Waals surface area contributed by atoms with Crippen LogP contribution in [0.4, 0.5) is 11.4 Å². The van der Waals surface area contributed by atoms with Gasteiger partial charge in [0.15, 0.2) is 0 Å². The van der Waals surface area contributed by atoms with Crippen LogP contribution >= 0.6 is 0 Å². The highest BCUT2D eigenvalue weighted by Crippen LogP contribution is 2.40. The molecule has 0 aromatic heterocycles. The number of hydrogen-bond acceptors (Lipinski definition) is 4. The zero-order chi connectivity index (χ0) is 24.9. The molecule has 1 N–H and O–H groups in total. The number of nitrogens with zero attached hydrogens (tertiary/aromatic N) is 2. The van der Waals surface area contributed by atoms with Crippen molar-refractivity contribution in [3.8, 4) is 0 Å². The number of benzene rings is 2. The molecule has 2 atom stereocenters. The van der Waals surface area contributed by atoms with Crippen LogP contribution in [-0.4, -0.2) is 43.7 Å². The van der Waals surface area contributed by atoms with E-state index in [0.29, 0.717) is 25.8 Å². The Morgan fingerprint density at radius 2 is 1.77 bits per heavy atom. The van der Waals surface area contributed by atoms with E-state index in [0.717, 1.165) is 40.9 Å². The van der Waals surface area contributed by atoms with Crippen LogP contribution in [0.5, 0.6) is 0 Å². The SMILES string of the molecule is Cc1ccc(C)c(NC(=O)C2CCCN(S(=O)(=O)c3ccc4c(c3)CC(C)N4C(=O)C3CC3)C2)c1. The van der Waals surface area contributed by atoms with Crippen LogP contribution < -0.4 is 10.2 Å². The van der Waals surface area contributed by atoms with E-state index in [2.05, 4.69) is 5.32 Å². The molecule has 2 heterocycles. The van der Waals surface area contributed by atoms with Gasteiger partial charge < -0.3 is 10.2 Å². The first-order valence-electron chi connectivity index (χ1n) is 12.5. The Morgan fingerprint density at radius 3 is 2.51 bits per heavy atom. The van der Waals surface area contributed by atoms with Crippen molar-refractivity contribution in [3.05, 3.63) is 53.1 Å². The van der Waals surface area contributed by atoms with Gasteiger partial charge in [-0.25, -0.2) is 8.42 Å². The lowest BCUT2D eigenvalue weighted by Gasteiger charge is -2.31. The summed E-state index contributed by atoms with van der Waals surface area (Å²) < 4.78 is 28.5. The zero-order valence-electron chi connectivity index (χ0n) is 20.6. The molecule has 35 heavy (non-hydrogen) atoms. The monoisotopic (exact) mass is 495 g/mol. The van der Waals surface area contributed by atoms with Gasteiger partial charge in [0, 0.05) is 36.4 Å². The molecular formula is C27H33N3O4S. The number of aryl methyl sites for hydroxylation is 2. The zero-order valence-corrected chi connectivity index (χ0v) is 21.4. The van der Waals surface area contributed by atoms with E-state index in [1.807, 2.05) is 43.9 Å². The third kappa shape index (κ3) is 4.61. The Kier molecular flexibility index (Phi) is 6.21. The number of hydrogen-bond donors (Lipinski definition) is 1. The Bertz CT molecular complexity index is 1290. The van der Waals surface area contributed by atoms with Crippen LogP contribution in [0, 0.1) is 25.7 Å². The number of sulfonamides is 1. The van der Waals surface area contributed by atoms with Crippen LogP contribution in [0.25, 0.3) is 0 Å². The molecule has 2 aromatic carbocycles. The third-order valence-corrected chi connectivity index (χ3v) is 9.34. The van der Waals surface area contributed by atoms with Crippen LogP contribution in [0.1, 0.15) is 49.3 Å². The Hall–Kier alpha value is -2.71. The smallest absolute Gasteiger partial charge is 0.243 e. The standard InChI is InChI=1S/C27H33N3O4S/c1-17-6-7-18(2)24(13-17)28-26(31)21-5-4-12-29(16-21)35(33,34)23-10-11-25-22(15-23)14-19(3)30(25)27(32)20-8-9-20/h6-7,10-11,13,15,19-21H,4-5,8-9,12,14,16H2,1-3H3,(H,28,31). The van der Waals surface area contributed by atoms with E-state index in [9.17, 15) is 18.0 Å². The van der Waals surface area contributed by atoms with Gasteiger partial charge in [-0.1, -0.05) is 12.1 Å². The molecular weight excluding hydrogens is 462 g/mol. The lowest BCUT2D eigenvalue weighted by molar-refractivity contribution is -0.121. The summed E-state index contributed by atoms with van der Waals surface area (Å²) >= 11 is 0. The average molecular weight is 496 g/mol.